The van der Waals surface area contributed by atoms with Gasteiger partial charge in [0.1, 0.15) is 0 Å². The van der Waals surface area contributed by atoms with E-state index in [1.807, 2.05) is 6.07 Å². The summed E-state index contributed by atoms with van der Waals surface area (Å²) in [5.74, 6) is 0. The first-order valence-electron chi connectivity index (χ1n) is 5.49. The van der Waals surface area contributed by atoms with Crippen molar-refractivity contribution in [2.24, 2.45) is 0 Å². The smallest absolute Gasteiger partial charge is 0.0591 e. The molecule has 0 aliphatic rings. The lowest BCUT2D eigenvalue weighted by Crippen LogP contribution is -2.02. The number of anilines is 2. The molecule has 3 heteroatoms. The number of hydrogen-bond acceptors (Lipinski definition) is 2. The Morgan fingerprint density at radius 2 is 1.82 bits per heavy atom. The second-order valence-electron chi connectivity index (χ2n) is 4.07. The standard InChI is InChI=1S/C14H15ClN2/c1-10-2-4-11(5-3-10)9-17-14-8-12(15)6-7-13(14)16/h2-8,17H,9,16H2,1H3. The lowest BCUT2D eigenvalue weighted by Gasteiger charge is -2.10. The summed E-state index contributed by atoms with van der Waals surface area (Å²) in [4.78, 5) is 0. The molecule has 2 nitrogen and oxygen atoms in total. The number of nitrogens with one attached hydrogen (secondary N) is 1. The van der Waals surface area contributed by atoms with E-state index in [0.717, 1.165) is 12.2 Å². The maximum atomic E-state index is 5.92. The van der Waals surface area contributed by atoms with Gasteiger partial charge in [0, 0.05) is 11.6 Å². The summed E-state index contributed by atoms with van der Waals surface area (Å²) in [6.07, 6.45) is 0. The maximum Gasteiger partial charge on any atom is 0.0591 e. The fraction of sp³-hybridized carbons (Fsp3) is 0.143. The number of halogens is 1. The van der Waals surface area contributed by atoms with Gasteiger partial charge in [-0.1, -0.05) is 41.4 Å². The van der Waals surface area contributed by atoms with E-state index in [0.29, 0.717) is 10.7 Å². The highest BCUT2D eigenvalue weighted by atomic mass is 35.5. The summed E-state index contributed by atoms with van der Waals surface area (Å²) >= 11 is 5.92. The van der Waals surface area contributed by atoms with Crippen molar-refractivity contribution in [3.63, 3.8) is 0 Å². The van der Waals surface area contributed by atoms with E-state index in [2.05, 4.69) is 36.5 Å². The Bertz CT molecular complexity index is 506. The summed E-state index contributed by atoms with van der Waals surface area (Å²) in [5, 5.41) is 3.97. The van der Waals surface area contributed by atoms with Gasteiger partial charge in [0.25, 0.3) is 0 Å². The van der Waals surface area contributed by atoms with Gasteiger partial charge in [-0.25, -0.2) is 0 Å². The van der Waals surface area contributed by atoms with Crippen LogP contribution in [0.4, 0.5) is 11.4 Å². The van der Waals surface area contributed by atoms with Crippen LogP contribution in [0, 0.1) is 6.92 Å². The van der Waals surface area contributed by atoms with Crippen molar-refractivity contribution in [1.82, 2.24) is 0 Å². The Balaban J connectivity index is 2.07. The maximum absolute atomic E-state index is 5.92. The van der Waals surface area contributed by atoms with Crippen molar-refractivity contribution in [2.75, 3.05) is 11.1 Å². The summed E-state index contributed by atoms with van der Waals surface area (Å²) in [5.41, 5.74) is 9.92. The van der Waals surface area contributed by atoms with Crippen LogP contribution in [0.15, 0.2) is 42.5 Å². The van der Waals surface area contributed by atoms with Crippen molar-refractivity contribution >= 4 is 23.0 Å². The van der Waals surface area contributed by atoms with E-state index in [9.17, 15) is 0 Å². The Morgan fingerprint density at radius 1 is 1.12 bits per heavy atom. The van der Waals surface area contributed by atoms with Gasteiger partial charge in [0.15, 0.2) is 0 Å². The van der Waals surface area contributed by atoms with Crippen LogP contribution in [0.1, 0.15) is 11.1 Å². The van der Waals surface area contributed by atoms with Crippen molar-refractivity contribution in [3.05, 3.63) is 58.6 Å². The van der Waals surface area contributed by atoms with Gasteiger partial charge in [0.2, 0.25) is 0 Å². The summed E-state index contributed by atoms with van der Waals surface area (Å²) < 4.78 is 0. The highest BCUT2D eigenvalue weighted by molar-refractivity contribution is 6.31. The fourth-order valence-electron chi connectivity index (χ4n) is 1.58. The Labute approximate surface area is 106 Å². The van der Waals surface area contributed by atoms with Crippen molar-refractivity contribution in [2.45, 2.75) is 13.5 Å². The highest BCUT2D eigenvalue weighted by Gasteiger charge is 2.00. The predicted molar refractivity (Wildman–Crippen MR) is 74.4 cm³/mol. The molecule has 2 rings (SSSR count). The average molecular weight is 247 g/mol. The minimum Gasteiger partial charge on any atom is -0.397 e. The molecular weight excluding hydrogens is 232 g/mol. The molecule has 88 valence electrons. The number of benzene rings is 2. The van der Waals surface area contributed by atoms with E-state index in [1.54, 1.807) is 12.1 Å². The van der Waals surface area contributed by atoms with Crippen LogP contribution < -0.4 is 11.1 Å². The monoisotopic (exact) mass is 246 g/mol. The van der Waals surface area contributed by atoms with Crippen molar-refractivity contribution in [3.8, 4) is 0 Å². The lowest BCUT2D eigenvalue weighted by molar-refractivity contribution is 1.15. The van der Waals surface area contributed by atoms with Gasteiger partial charge in [-0.2, -0.15) is 0 Å². The molecule has 0 bridgehead atoms. The molecule has 0 radical (unpaired) electrons. The molecule has 17 heavy (non-hydrogen) atoms. The largest absolute Gasteiger partial charge is 0.397 e. The van der Waals surface area contributed by atoms with Crippen LogP contribution in [0.3, 0.4) is 0 Å². The number of rotatable bonds is 3. The zero-order valence-electron chi connectivity index (χ0n) is 9.70. The van der Waals surface area contributed by atoms with Crippen LogP contribution in [0.5, 0.6) is 0 Å². The number of hydrogen-bond donors (Lipinski definition) is 2. The quantitative estimate of drug-likeness (QED) is 0.808. The Morgan fingerprint density at radius 3 is 2.53 bits per heavy atom. The van der Waals surface area contributed by atoms with Crippen molar-refractivity contribution in [1.29, 1.82) is 0 Å². The SMILES string of the molecule is Cc1ccc(CNc2cc(Cl)ccc2N)cc1. The lowest BCUT2D eigenvalue weighted by atomic mass is 10.1. The number of nitrogen functional groups attached to an aromatic ring is 1. The molecule has 0 aliphatic heterocycles. The fourth-order valence-corrected chi connectivity index (χ4v) is 1.76. The van der Waals surface area contributed by atoms with E-state index in [-0.39, 0.29) is 0 Å². The van der Waals surface area contributed by atoms with Crippen LogP contribution >= 0.6 is 11.6 Å². The normalized spacial score (nSPS) is 10.2. The van der Waals surface area contributed by atoms with E-state index >= 15 is 0 Å². The molecule has 0 unspecified atom stereocenters. The van der Waals surface area contributed by atoms with Crippen LogP contribution in [0.25, 0.3) is 0 Å². The van der Waals surface area contributed by atoms with Crippen LogP contribution in [0.2, 0.25) is 5.02 Å². The second-order valence-corrected chi connectivity index (χ2v) is 4.51. The van der Waals surface area contributed by atoms with E-state index < -0.39 is 0 Å². The molecule has 0 fully saturated rings. The third-order valence-electron chi connectivity index (χ3n) is 2.62. The molecule has 0 aliphatic carbocycles. The molecule has 0 heterocycles. The van der Waals surface area contributed by atoms with E-state index in [4.69, 9.17) is 17.3 Å². The molecule has 0 saturated heterocycles. The molecule has 2 aromatic carbocycles. The van der Waals surface area contributed by atoms with Gasteiger partial charge in [0.05, 0.1) is 11.4 Å². The van der Waals surface area contributed by atoms with Gasteiger partial charge in [-0.3, -0.25) is 0 Å². The van der Waals surface area contributed by atoms with Gasteiger partial charge < -0.3 is 11.1 Å². The predicted octanol–water partition coefficient (Wildman–Crippen LogP) is 3.84. The first-order chi connectivity index (χ1) is 8.15. The van der Waals surface area contributed by atoms with Gasteiger partial charge >= 0.3 is 0 Å². The topological polar surface area (TPSA) is 38.0 Å². The van der Waals surface area contributed by atoms with Crippen molar-refractivity contribution < 1.29 is 0 Å². The van der Waals surface area contributed by atoms with E-state index in [1.165, 1.54) is 11.1 Å². The molecule has 0 amide bonds. The second kappa shape index (κ2) is 5.11. The summed E-state index contributed by atoms with van der Waals surface area (Å²) in [7, 11) is 0. The Kier molecular flexibility index (Phi) is 3.55. The molecule has 3 N–H and O–H groups in total. The third-order valence-corrected chi connectivity index (χ3v) is 2.85. The number of aryl methyl sites for hydroxylation is 1. The zero-order chi connectivity index (χ0) is 12.3. The summed E-state index contributed by atoms with van der Waals surface area (Å²) in [6.45, 7) is 2.82. The molecule has 0 saturated carbocycles. The Hall–Kier alpha value is -1.67. The van der Waals surface area contributed by atoms with Gasteiger partial charge in [-0.15, -0.1) is 0 Å². The highest BCUT2D eigenvalue weighted by Crippen LogP contribution is 2.23. The average Bonchev–Trinajstić information content (AvgIpc) is 2.32. The molecule has 0 atom stereocenters. The van der Waals surface area contributed by atoms with Gasteiger partial charge in [-0.05, 0) is 30.7 Å². The minimum atomic E-state index is 0.686. The zero-order valence-corrected chi connectivity index (χ0v) is 10.5. The van der Waals surface area contributed by atoms with Crippen LogP contribution in [-0.4, -0.2) is 0 Å². The first kappa shape index (κ1) is 11.8. The van der Waals surface area contributed by atoms with Crippen LogP contribution in [-0.2, 0) is 6.54 Å². The first-order valence-corrected chi connectivity index (χ1v) is 5.87. The minimum absolute atomic E-state index is 0.686. The molecule has 0 spiro atoms. The number of nitrogens with two attached hydrogens (primary N) is 1. The third kappa shape index (κ3) is 3.14. The summed E-state index contributed by atoms with van der Waals surface area (Å²) in [6, 6.07) is 13.8. The molecule has 2 aromatic rings. The molecule has 0 aromatic heterocycles. The molecular formula is C14H15ClN2.